The molecule has 2 heterocycles. The van der Waals surface area contributed by atoms with Crippen LogP contribution >= 0.6 is 11.3 Å². The van der Waals surface area contributed by atoms with Gasteiger partial charge in [-0.1, -0.05) is 0 Å². The van der Waals surface area contributed by atoms with Crippen LogP contribution in [-0.2, 0) is 0 Å². The molecule has 1 aliphatic rings. The van der Waals surface area contributed by atoms with Crippen LogP contribution in [0.3, 0.4) is 0 Å². The lowest BCUT2D eigenvalue weighted by atomic mass is 9.93. The second kappa shape index (κ2) is 4.63. The van der Waals surface area contributed by atoms with Gasteiger partial charge in [-0.15, -0.1) is 11.3 Å². The van der Waals surface area contributed by atoms with E-state index in [0.29, 0.717) is 10.9 Å². The minimum absolute atomic E-state index is 0.0901. The van der Waals surface area contributed by atoms with E-state index in [0.717, 1.165) is 13.1 Å². The number of aromatic nitrogens is 1. The van der Waals surface area contributed by atoms with Crippen molar-refractivity contribution in [3.8, 4) is 0 Å². The van der Waals surface area contributed by atoms with E-state index in [1.54, 1.807) is 18.3 Å². The summed E-state index contributed by atoms with van der Waals surface area (Å²) in [5.41, 5.74) is 1.17. The maximum atomic E-state index is 11.3. The first-order chi connectivity index (χ1) is 7.58. The van der Waals surface area contributed by atoms with Gasteiger partial charge in [-0.2, -0.15) is 0 Å². The second-order valence-corrected chi connectivity index (χ2v) is 5.80. The number of likely N-dealkylation sites (tertiary alicyclic amines) is 1. The highest BCUT2D eigenvalue weighted by Gasteiger charge is 2.23. The molecule has 0 spiro atoms. The van der Waals surface area contributed by atoms with E-state index >= 15 is 0 Å². The van der Waals surface area contributed by atoms with Crippen LogP contribution in [-0.4, -0.2) is 35.8 Å². The van der Waals surface area contributed by atoms with E-state index in [1.807, 2.05) is 0 Å². The zero-order chi connectivity index (χ0) is 11.7. The SMILES string of the molecule is CC(=O)c1nc(C2CCN(C)CC2)c(C)s1. The average molecular weight is 238 g/mol. The van der Waals surface area contributed by atoms with Gasteiger partial charge in [-0.25, -0.2) is 4.98 Å². The maximum absolute atomic E-state index is 11.3. The fourth-order valence-corrected chi connectivity index (χ4v) is 3.11. The molecule has 0 amide bonds. The predicted octanol–water partition coefficient (Wildman–Crippen LogP) is 2.46. The Morgan fingerprint density at radius 2 is 2.06 bits per heavy atom. The Kier molecular flexibility index (Phi) is 3.40. The summed E-state index contributed by atoms with van der Waals surface area (Å²) in [5, 5.41) is 0.673. The van der Waals surface area contributed by atoms with Crippen LogP contribution in [0, 0.1) is 6.92 Å². The van der Waals surface area contributed by atoms with E-state index in [4.69, 9.17) is 0 Å². The molecule has 0 aliphatic carbocycles. The minimum atomic E-state index is 0.0901. The number of thiazole rings is 1. The summed E-state index contributed by atoms with van der Waals surface area (Å²) in [5.74, 6) is 0.646. The Bertz CT molecular complexity index is 392. The molecule has 1 fully saturated rings. The summed E-state index contributed by atoms with van der Waals surface area (Å²) in [6.07, 6.45) is 2.33. The largest absolute Gasteiger partial charge is 0.306 e. The Labute approximate surface area is 100 Å². The van der Waals surface area contributed by atoms with Crippen molar-refractivity contribution < 1.29 is 4.79 Å². The van der Waals surface area contributed by atoms with Crippen molar-refractivity contribution >= 4 is 17.1 Å². The van der Waals surface area contributed by atoms with Crippen molar-refractivity contribution in [1.29, 1.82) is 0 Å². The molecule has 1 aliphatic heterocycles. The number of hydrogen-bond donors (Lipinski definition) is 0. The van der Waals surface area contributed by atoms with E-state index in [-0.39, 0.29) is 5.78 Å². The number of carbonyl (C=O) groups excluding carboxylic acids is 1. The van der Waals surface area contributed by atoms with Gasteiger partial charge in [0.05, 0.1) is 5.69 Å². The quantitative estimate of drug-likeness (QED) is 0.742. The van der Waals surface area contributed by atoms with Gasteiger partial charge in [0.2, 0.25) is 0 Å². The molecule has 0 atom stereocenters. The van der Waals surface area contributed by atoms with E-state index in [1.165, 1.54) is 23.4 Å². The molecule has 0 bridgehead atoms. The van der Waals surface area contributed by atoms with Crippen molar-refractivity contribution in [3.63, 3.8) is 0 Å². The summed E-state index contributed by atoms with van der Waals surface area (Å²) < 4.78 is 0. The fraction of sp³-hybridized carbons (Fsp3) is 0.667. The third-order valence-corrected chi connectivity index (χ3v) is 4.33. The van der Waals surface area contributed by atoms with Crippen molar-refractivity contribution in [1.82, 2.24) is 9.88 Å². The van der Waals surface area contributed by atoms with Gasteiger partial charge in [-0.3, -0.25) is 4.79 Å². The zero-order valence-electron chi connectivity index (χ0n) is 10.1. The van der Waals surface area contributed by atoms with Crippen molar-refractivity contribution in [2.45, 2.75) is 32.6 Å². The number of rotatable bonds is 2. The van der Waals surface area contributed by atoms with Gasteiger partial charge in [-0.05, 0) is 39.9 Å². The van der Waals surface area contributed by atoms with Crippen LogP contribution in [0.4, 0.5) is 0 Å². The van der Waals surface area contributed by atoms with Crippen LogP contribution in [0.1, 0.15) is 46.1 Å². The number of aryl methyl sites for hydroxylation is 1. The molecule has 88 valence electrons. The molecule has 1 aromatic heterocycles. The molecule has 3 nitrogen and oxygen atoms in total. The first-order valence-corrected chi connectivity index (χ1v) is 6.56. The minimum Gasteiger partial charge on any atom is -0.306 e. The Hall–Kier alpha value is -0.740. The van der Waals surface area contributed by atoms with E-state index in [2.05, 4.69) is 23.9 Å². The second-order valence-electron chi connectivity index (χ2n) is 4.59. The van der Waals surface area contributed by atoms with Gasteiger partial charge in [0.15, 0.2) is 10.8 Å². The standard InChI is InChI=1S/C12H18N2OS/c1-8(15)12-13-11(9(2)16-12)10-4-6-14(3)7-5-10/h10H,4-7H2,1-3H3. The number of piperidine rings is 1. The first-order valence-electron chi connectivity index (χ1n) is 5.74. The third kappa shape index (κ3) is 2.33. The molecule has 1 aromatic rings. The predicted molar refractivity (Wildman–Crippen MR) is 66.3 cm³/mol. The van der Waals surface area contributed by atoms with Crippen LogP contribution in [0.15, 0.2) is 0 Å². The van der Waals surface area contributed by atoms with E-state index in [9.17, 15) is 4.79 Å². The van der Waals surface area contributed by atoms with E-state index < -0.39 is 0 Å². The fourth-order valence-electron chi connectivity index (χ4n) is 2.22. The third-order valence-electron chi connectivity index (χ3n) is 3.24. The molecule has 1 saturated heterocycles. The lowest BCUT2D eigenvalue weighted by molar-refractivity contribution is 0.101. The number of nitrogens with zero attached hydrogens (tertiary/aromatic N) is 2. The normalized spacial score (nSPS) is 18.9. The Morgan fingerprint density at radius 3 is 2.56 bits per heavy atom. The van der Waals surface area contributed by atoms with Gasteiger partial charge in [0.1, 0.15) is 0 Å². The van der Waals surface area contributed by atoms with Crippen LogP contribution in [0.2, 0.25) is 0 Å². The molecule has 4 heteroatoms. The molecule has 16 heavy (non-hydrogen) atoms. The molecule has 0 radical (unpaired) electrons. The summed E-state index contributed by atoms with van der Waals surface area (Å²) in [7, 11) is 2.16. The number of ketones is 1. The maximum Gasteiger partial charge on any atom is 0.188 e. The van der Waals surface area contributed by atoms with Crippen molar-refractivity contribution in [3.05, 3.63) is 15.6 Å². The molecule has 0 N–H and O–H groups in total. The van der Waals surface area contributed by atoms with Crippen LogP contribution in [0.5, 0.6) is 0 Å². The lowest BCUT2D eigenvalue weighted by Gasteiger charge is -2.28. The van der Waals surface area contributed by atoms with Crippen molar-refractivity contribution in [2.75, 3.05) is 20.1 Å². The number of hydrogen-bond acceptors (Lipinski definition) is 4. The summed E-state index contributed by atoms with van der Waals surface area (Å²) in [6, 6.07) is 0. The number of Topliss-reactive ketones (excluding diaryl/α,β-unsaturated/α-hetero) is 1. The molecular weight excluding hydrogens is 220 g/mol. The zero-order valence-corrected chi connectivity index (χ0v) is 10.9. The molecule has 0 aromatic carbocycles. The highest BCUT2D eigenvalue weighted by Crippen LogP contribution is 2.31. The van der Waals surface area contributed by atoms with Gasteiger partial charge in [0, 0.05) is 17.7 Å². The smallest absolute Gasteiger partial charge is 0.188 e. The van der Waals surface area contributed by atoms with Crippen molar-refractivity contribution in [2.24, 2.45) is 0 Å². The van der Waals surface area contributed by atoms with Crippen LogP contribution in [0.25, 0.3) is 0 Å². The monoisotopic (exact) mass is 238 g/mol. The molecule has 0 unspecified atom stereocenters. The summed E-state index contributed by atoms with van der Waals surface area (Å²) in [4.78, 5) is 19.4. The van der Waals surface area contributed by atoms with Gasteiger partial charge >= 0.3 is 0 Å². The van der Waals surface area contributed by atoms with Gasteiger partial charge < -0.3 is 4.90 Å². The van der Waals surface area contributed by atoms with Gasteiger partial charge in [0.25, 0.3) is 0 Å². The highest BCUT2D eigenvalue weighted by atomic mass is 32.1. The average Bonchev–Trinajstić information content (AvgIpc) is 2.62. The molecule has 2 rings (SSSR count). The number of carbonyl (C=O) groups is 1. The molecular formula is C12H18N2OS. The Balaban J connectivity index is 2.17. The molecule has 0 saturated carbocycles. The first kappa shape index (κ1) is 11.7. The Morgan fingerprint density at radius 1 is 1.44 bits per heavy atom. The topological polar surface area (TPSA) is 33.2 Å². The highest BCUT2D eigenvalue weighted by molar-refractivity contribution is 7.13. The summed E-state index contributed by atoms with van der Waals surface area (Å²) in [6.45, 7) is 5.95. The lowest BCUT2D eigenvalue weighted by Crippen LogP contribution is -2.29. The summed E-state index contributed by atoms with van der Waals surface area (Å²) >= 11 is 1.54. The van der Waals surface area contributed by atoms with Crippen LogP contribution < -0.4 is 0 Å².